The molecule has 0 fully saturated rings. The molecule has 1 atom stereocenters. The van der Waals surface area contributed by atoms with Gasteiger partial charge in [0.15, 0.2) is 0 Å². The maximum atomic E-state index is 12.6. The van der Waals surface area contributed by atoms with E-state index in [1.54, 1.807) is 12.1 Å². The summed E-state index contributed by atoms with van der Waals surface area (Å²) in [6.07, 6.45) is 0. The Hall–Kier alpha value is -1.66. The monoisotopic (exact) mass is 398 g/mol. The van der Waals surface area contributed by atoms with Gasteiger partial charge in [0.25, 0.3) is 0 Å². The third-order valence-corrected chi connectivity index (χ3v) is 5.91. The highest BCUT2D eigenvalue weighted by molar-refractivity contribution is 7.43. The number of carbonyl (C=O) groups is 1. The summed E-state index contributed by atoms with van der Waals surface area (Å²) in [5.41, 5.74) is 4.43. The second-order valence-corrected chi connectivity index (χ2v) is 11.5. The van der Waals surface area contributed by atoms with Gasteiger partial charge in [-0.15, -0.1) is 0 Å². The zero-order valence-electron chi connectivity index (χ0n) is 18.9. The van der Waals surface area contributed by atoms with Crippen molar-refractivity contribution in [2.75, 3.05) is 0 Å². The van der Waals surface area contributed by atoms with Crippen molar-refractivity contribution in [3.63, 3.8) is 0 Å². The zero-order valence-corrected chi connectivity index (χ0v) is 19.9. The summed E-state index contributed by atoms with van der Waals surface area (Å²) in [5, 5.41) is 1.16. The lowest BCUT2D eigenvalue weighted by Gasteiger charge is -2.33. The van der Waals surface area contributed by atoms with Gasteiger partial charge in [0, 0.05) is 5.30 Å². The van der Waals surface area contributed by atoms with E-state index < -0.39 is 0 Å². The Morgan fingerprint density at radius 2 is 1.21 bits per heavy atom. The maximum Gasteiger partial charge on any atom is 0.340 e. The fraction of sp³-hybridized carbons (Fsp3) is 0.480. The van der Waals surface area contributed by atoms with E-state index in [2.05, 4.69) is 74.4 Å². The first kappa shape index (κ1) is 22.6. The minimum absolute atomic E-state index is 0.0147. The lowest BCUT2D eigenvalue weighted by atomic mass is 9.75. The van der Waals surface area contributed by atoms with Crippen molar-refractivity contribution in [2.45, 2.75) is 78.6 Å². The highest BCUT2D eigenvalue weighted by atomic mass is 31.1. The summed E-state index contributed by atoms with van der Waals surface area (Å²) >= 11 is 0. The van der Waals surface area contributed by atoms with Crippen molar-refractivity contribution in [3.8, 4) is 0 Å². The molecule has 0 amide bonds. The van der Waals surface area contributed by atoms with E-state index in [1.807, 2.05) is 18.2 Å². The molecule has 2 aromatic rings. The van der Waals surface area contributed by atoms with E-state index in [1.165, 1.54) is 16.7 Å². The van der Waals surface area contributed by atoms with Crippen LogP contribution in [0.4, 0.5) is 0 Å². The molecule has 3 heteroatoms. The summed E-state index contributed by atoms with van der Waals surface area (Å²) in [4.78, 5) is 12.6. The molecule has 2 aromatic carbocycles. The van der Waals surface area contributed by atoms with Crippen LogP contribution in [0.15, 0.2) is 42.5 Å². The number of benzene rings is 2. The lowest BCUT2D eigenvalue weighted by Crippen LogP contribution is -2.30. The Morgan fingerprint density at radius 1 is 0.750 bits per heavy atom. The molecule has 2 rings (SSSR count). The fourth-order valence-electron chi connectivity index (χ4n) is 3.10. The van der Waals surface area contributed by atoms with Crippen LogP contribution in [0.1, 0.15) is 89.4 Å². The van der Waals surface area contributed by atoms with Gasteiger partial charge in [-0.2, -0.15) is 0 Å². The predicted molar refractivity (Wildman–Crippen MR) is 122 cm³/mol. The molecule has 0 saturated heterocycles. The van der Waals surface area contributed by atoms with Gasteiger partial charge < -0.3 is 4.52 Å². The first-order chi connectivity index (χ1) is 12.7. The molecule has 0 aromatic heterocycles. The Kier molecular flexibility index (Phi) is 6.46. The molecule has 0 aliphatic heterocycles. The Bertz CT molecular complexity index is 797. The first-order valence-corrected chi connectivity index (χ1v) is 10.8. The second-order valence-electron chi connectivity index (χ2n) is 10.6. The van der Waals surface area contributed by atoms with Crippen molar-refractivity contribution >= 4 is 20.1 Å². The summed E-state index contributed by atoms with van der Waals surface area (Å²) < 4.78 is 5.80. The largest absolute Gasteiger partial charge is 0.440 e. The summed E-state index contributed by atoms with van der Waals surface area (Å²) in [5.74, 6) is -0.265. The molecule has 0 saturated carbocycles. The topological polar surface area (TPSA) is 26.3 Å². The summed E-state index contributed by atoms with van der Waals surface area (Å²) in [6, 6.07) is 13.8. The molecule has 0 bridgehead atoms. The Labute approximate surface area is 173 Å². The van der Waals surface area contributed by atoms with E-state index in [-0.39, 0.29) is 31.0 Å². The molecule has 0 radical (unpaired) electrons. The average Bonchev–Trinajstić information content (AvgIpc) is 2.57. The van der Waals surface area contributed by atoms with E-state index in [4.69, 9.17) is 4.52 Å². The minimum Gasteiger partial charge on any atom is -0.440 e. The third-order valence-electron chi connectivity index (χ3n) is 4.88. The van der Waals surface area contributed by atoms with Crippen molar-refractivity contribution in [1.29, 1.82) is 0 Å². The van der Waals surface area contributed by atoms with Crippen LogP contribution in [0.3, 0.4) is 0 Å². The first-order valence-electron chi connectivity index (χ1n) is 9.93. The molecule has 152 valence electrons. The minimum atomic E-state index is -0.265. The van der Waals surface area contributed by atoms with E-state index in [0.29, 0.717) is 5.56 Å². The molecular formula is C25H35O2P. The smallest absolute Gasteiger partial charge is 0.340 e. The molecule has 2 nitrogen and oxygen atoms in total. The SMILES string of the molecule is CC(C)(C)c1cc(C(C)(C)C)c(POC(=O)c2ccccc2)c(C(C)(C)C)c1. The van der Waals surface area contributed by atoms with Crippen LogP contribution in [-0.2, 0) is 20.8 Å². The third kappa shape index (κ3) is 5.45. The van der Waals surface area contributed by atoms with Crippen molar-refractivity contribution in [2.24, 2.45) is 0 Å². The molecule has 0 heterocycles. The lowest BCUT2D eigenvalue weighted by molar-refractivity contribution is 0.0762. The van der Waals surface area contributed by atoms with Crippen molar-refractivity contribution < 1.29 is 9.32 Å². The molecule has 0 aliphatic rings. The predicted octanol–water partition coefficient (Wildman–Crippen LogP) is 6.65. The van der Waals surface area contributed by atoms with Crippen LogP contribution in [-0.4, -0.2) is 5.97 Å². The van der Waals surface area contributed by atoms with Crippen LogP contribution in [0.5, 0.6) is 0 Å². The van der Waals surface area contributed by atoms with Gasteiger partial charge in [-0.25, -0.2) is 4.79 Å². The van der Waals surface area contributed by atoms with Crippen LogP contribution < -0.4 is 5.30 Å². The summed E-state index contributed by atoms with van der Waals surface area (Å²) in [6.45, 7) is 20.1. The fourth-order valence-corrected chi connectivity index (χ4v) is 4.53. The number of carbonyl (C=O) groups excluding carboxylic acids is 1. The van der Waals surface area contributed by atoms with Gasteiger partial charge in [0.2, 0.25) is 0 Å². The van der Waals surface area contributed by atoms with Crippen molar-refractivity contribution in [3.05, 3.63) is 64.7 Å². The quantitative estimate of drug-likeness (QED) is 0.541. The van der Waals surface area contributed by atoms with Crippen LogP contribution in [0.2, 0.25) is 0 Å². The van der Waals surface area contributed by atoms with E-state index in [0.717, 1.165) is 5.30 Å². The van der Waals surface area contributed by atoms with Gasteiger partial charge in [0.1, 0.15) is 8.81 Å². The van der Waals surface area contributed by atoms with E-state index in [9.17, 15) is 4.79 Å². The highest BCUT2D eigenvalue weighted by Crippen LogP contribution is 2.37. The van der Waals surface area contributed by atoms with Gasteiger partial charge in [-0.1, -0.05) is 92.6 Å². The molecule has 0 N–H and O–H groups in total. The van der Waals surface area contributed by atoms with Crippen LogP contribution in [0, 0.1) is 0 Å². The van der Waals surface area contributed by atoms with Gasteiger partial charge in [-0.05, 0) is 45.1 Å². The number of hydrogen-bond donors (Lipinski definition) is 0. The van der Waals surface area contributed by atoms with Gasteiger partial charge in [0.05, 0.1) is 5.56 Å². The highest BCUT2D eigenvalue weighted by Gasteiger charge is 2.29. The second kappa shape index (κ2) is 7.99. The van der Waals surface area contributed by atoms with E-state index >= 15 is 0 Å². The maximum absolute atomic E-state index is 12.6. The Morgan fingerprint density at radius 3 is 1.61 bits per heavy atom. The average molecular weight is 399 g/mol. The normalized spacial score (nSPS) is 13.2. The van der Waals surface area contributed by atoms with Gasteiger partial charge in [-0.3, -0.25) is 0 Å². The standard InChI is InChI=1S/C25H35O2P/c1-23(2,3)18-15-19(24(4,5)6)21(20(16-18)25(7,8)9)28-27-22(26)17-13-11-10-12-14-17/h10-16,28H,1-9H3. The van der Waals surface area contributed by atoms with Crippen LogP contribution >= 0.6 is 8.81 Å². The molecule has 0 aliphatic carbocycles. The number of rotatable bonds is 3. The number of hydrogen-bond acceptors (Lipinski definition) is 2. The molecule has 1 unspecified atom stereocenters. The molecule has 0 spiro atoms. The van der Waals surface area contributed by atoms with Gasteiger partial charge >= 0.3 is 5.97 Å². The van der Waals surface area contributed by atoms with Crippen LogP contribution in [0.25, 0.3) is 0 Å². The zero-order chi connectivity index (χ0) is 21.3. The van der Waals surface area contributed by atoms with Crippen molar-refractivity contribution in [1.82, 2.24) is 0 Å². The molecule has 28 heavy (non-hydrogen) atoms. The summed E-state index contributed by atoms with van der Waals surface area (Å²) in [7, 11) is -0.0147. The Balaban J connectivity index is 2.55. The molecular weight excluding hydrogens is 363 g/mol.